The number of aryl methyl sites for hydroxylation is 1. The van der Waals surface area contributed by atoms with Crippen molar-refractivity contribution in [2.75, 3.05) is 11.9 Å². The van der Waals surface area contributed by atoms with Crippen LogP contribution in [0.3, 0.4) is 0 Å². The van der Waals surface area contributed by atoms with Crippen LogP contribution in [0.5, 0.6) is 0 Å². The number of nitrogens with zero attached hydrogens (tertiary/aromatic N) is 3. The summed E-state index contributed by atoms with van der Waals surface area (Å²) in [6, 6.07) is 5.84. The van der Waals surface area contributed by atoms with E-state index in [-0.39, 0.29) is 42.0 Å². The molecule has 2 aromatic rings. The molecule has 0 atom stereocenters. The summed E-state index contributed by atoms with van der Waals surface area (Å²) in [5.74, 6) is -1.24. The highest BCUT2D eigenvalue weighted by Gasteiger charge is 2.40. The van der Waals surface area contributed by atoms with Crippen LogP contribution in [-0.2, 0) is 4.79 Å². The minimum absolute atomic E-state index is 0.0196. The smallest absolute Gasteiger partial charge is 0.282 e. The molecular formula is C19H16N4O6. The first kappa shape index (κ1) is 19.8. The molecule has 0 spiro atoms. The number of amides is 3. The standard InChI is InChI=1S/C19H16N4O6/c1-10-11(2)29-17(13(10)9-20)21-15(24)7-4-8-22-18(25)12-5-3-6-14(23(27)28)16(12)19(22)26/h3,5-6H,4,7-8H2,1-2H3,(H,21,24). The summed E-state index contributed by atoms with van der Waals surface area (Å²) < 4.78 is 5.36. The van der Waals surface area contributed by atoms with Crippen molar-refractivity contribution in [1.29, 1.82) is 5.26 Å². The van der Waals surface area contributed by atoms with Crippen LogP contribution in [0.25, 0.3) is 0 Å². The number of anilines is 1. The van der Waals surface area contributed by atoms with E-state index in [0.717, 1.165) is 4.90 Å². The third-order valence-electron chi connectivity index (χ3n) is 4.71. The van der Waals surface area contributed by atoms with Crippen molar-refractivity contribution in [3.8, 4) is 6.07 Å². The Morgan fingerprint density at radius 2 is 2.03 bits per heavy atom. The van der Waals surface area contributed by atoms with Gasteiger partial charge in [0, 0.05) is 24.6 Å². The zero-order valence-corrected chi connectivity index (χ0v) is 15.6. The third-order valence-corrected chi connectivity index (χ3v) is 4.71. The Kier molecular flexibility index (Phi) is 5.14. The van der Waals surface area contributed by atoms with E-state index in [9.17, 15) is 24.5 Å². The second-order valence-corrected chi connectivity index (χ2v) is 6.47. The van der Waals surface area contributed by atoms with Crippen LogP contribution in [0.4, 0.5) is 11.6 Å². The Morgan fingerprint density at radius 1 is 1.31 bits per heavy atom. The predicted octanol–water partition coefficient (Wildman–Crippen LogP) is 2.69. The van der Waals surface area contributed by atoms with Gasteiger partial charge in [0.15, 0.2) is 0 Å². The van der Waals surface area contributed by atoms with Gasteiger partial charge in [-0.3, -0.25) is 34.7 Å². The monoisotopic (exact) mass is 396 g/mol. The predicted molar refractivity (Wildman–Crippen MR) is 99.2 cm³/mol. The lowest BCUT2D eigenvalue weighted by Gasteiger charge is -2.13. The number of benzene rings is 1. The minimum atomic E-state index is -0.748. The van der Waals surface area contributed by atoms with E-state index in [0.29, 0.717) is 11.3 Å². The van der Waals surface area contributed by atoms with Crippen molar-refractivity contribution in [3.05, 3.63) is 56.3 Å². The molecule has 0 saturated heterocycles. The lowest BCUT2D eigenvalue weighted by molar-refractivity contribution is -0.385. The van der Waals surface area contributed by atoms with E-state index in [1.807, 2.05) is 6.07 Å². The van der Waals surface area contributed by atoms with Crippen LogP contribution in [0.15, 0.2) is 22.6 Å². The van der Waals surface area contributed by atoms with Gasteiger partial charge in [-0.2, -0.15) is 5.26 Å². The maximum absolute atomic E-state index is 12.5. The number of nitrogens with one attached hydrogen (secondary N) is 1. The van der Waals surface area contributed by atoms with Gasteiger partial charge in [0.2, 0.25) is 11.8 Å². The molecule has 1 aliphatic rings. The lowest BCUT2D eigenvalue weighted by Crippen LogP contribution is -2.31. The first-order valence-corrected chi connectivity index (χ1v) is 8.69. The van der Waals surface area contributed by atoms with Crippen molar-refractivity contribution < 1.29 is 23.7 Å². The van der Waals surface area contributed by atoms with Crippen molar-refractivity contribution in [3.63, 3.8) is 0 Å². The van der Waals surface area contributed by atoms with Crippen LogP contribution in [0.2, 0.25) is 0 Å². The number of fused-ring (bicyclic) bond motifs is 1. The van der Waals surface area contributed by atoms with Gasteiger partial charge in [-0.1, -0.05) is 6.07 Å². The number of nitro groups is 1. The number of rotatable bonds is 6. The van der Waals surface area contributed by atoms with Crippen LogP contribution in [0, 0.1) is 35.3 Å². The van der Waals surface area contributed by atoms with Crippen molar-refractivity contribution in [1.82, 2.24) is 4.90 Å². The summed E-state index contributed by atoms with van der Waals surface area (Å²) in [4.78, 5) is 48.3. The fourth-order valence-corrected chi connectivity index (χ4v) is 3.11. The third kappa shape index (κ3) is 3.45. The van der Waals surface area contributed by atoms with E-state index < -0.39 is 28.3 Å². The summed E-state index contributed by atoms with van der Waals surface area (Å²) in [6.07, 6.45) is 0.102. The van der Waals surface area contributed by atoms with E-state index in [1.165, 1.54) is 18.2 Å². The summed E-state index contributed by atoms with van der Waals surface area (Å²) in [5, 5.41) is 22.8. The van der Waals surface area contributed by atoms with Crippen LogP contribution in [0.1, 0.15) is 50.4 Å². The fourth-order valence-electron chi connectivity index (χ4n) is 3.11. The van der Waals surface area contributed by atoms with Gasteiger partial charge in [0.25, 0.3) is 17.5 Å². The van der Waals surface area contributed by atoms with Gasteiger partial charge >= 0.3 is 0 Å². The van der Waals surface area contributed by atoms with E-state index >= 15 is 0 Å². The van der Waals surface area contributed by atoms with Gasteiger partial charge in [-0.15, -0.1) is 0 Å². The molecule has 1 aromatic carbocycles. The van der Waals surface area contributed by atoms with Crippen LogP contribution in [-0.4, -0.2) is 34.1 Å². The van der Waals surface area contributed by atoms with Crippen molar-refractivity contribution >= 4 is 29.3 Å². The molecule has 1 aromatic heterocycles. The summed E-state index contributed by atoms with van der Waals surface area (Å²) in [5.41, 5.74) is 0.202. The quantitative estimate of drug-likeness (QED) is 0.448. The van der Waals surface area contributed by atoms with Crippen LogP contribution >= 0.6 is 0 Å². The van der Waals surface area contributed by atoms with E-state index in [2.05, 4.69) is 5.32 Å². The SMILES string of the molecule is Cc1oc(NC(=O)CCCN2C(=O)c3cccc([N+](=O)[O-])c3C2=O)c(C#N)c1C. The number of furan rings is 1. The molecule has 0 saturated carbocycles. The molecule has 29 heavy (non-hydrogen) atoms. The molecule has 2 heterocycles. The molecule has 3 rings (SSSR count). The molecule has 0 fully saturated rings. The minimum Gasteiger partial charge on any atom is -0.444 e. The first-order chi connectivity index (χ1) is 13.8. The maximum Gasteiger partial charge on any atom is 0.282 e. The van der Waals surface area contributed by atoms with Gasteiger partial charge in [0.1, 0.15) is 23.0 Å². The van der Waals surface area contributed by atoms with Crippen molar-refractivity contribution in [2.45, 2.75) is 26.7 Å². The molecule has 0 radical (unpaired) electrons. The van der Waals surface area contributed by atoms with E-state index in [1.54, 1.807) is 13.8 Å². The highest BCUT2D eigenvalue weighted by atomic mass is 16.6. The Bertz CT molecular complexity index is 1090. The molecule has 148 valence electrons. The summed E-state index contributed by atoms with van der Waals surface area (Å²) >= 11 is 0. The molecule has 1 aliphatic heterocycles. The highest BCUT2D eigenvalue weighted by Crippen LogP contribution is 2.31. The van der Waals surface area contributed by atoms with Gasteiger partial charge < -0.3 is 4.42 Å². The Labute approximate surface area is 164 Å². The average molecular weight is 396 g/mol. The molecule has 3 amide bonds. The number of hydrogen-bond donors (Lipinski definition) is 1. The number of carbonyl (C=O) groups is 3. The Balaban J connectivity index is 1.64. The zero-order chi connectivity index (χ0) is 21.3. The number of nitriles is 1. The molecular weight excluding hydrogens is 380 g/mol. The molecule has 0 bridgehead atoms. The summed E-state index contributed by atoms with van der Waals surface area (Å²) in [7, 11) is 0. The van der Waals surface area contributed by atoms with Gasteiger partial charge in [-0.25, -0.2) is 0 Å². The molecule has 10 heteroatoms. The number of hydrogen-bond acceptors (Lipinski definition) is 7. The first-order valence-electron chi connectivity index (χ1n) is 8.69. The normalized spacial score (nSPS) is 12.7. The number of imide groups is 1. The van der Waals surface area contributed by atoms with Gasteiger partial charge in [-0.05, 0) is 26.3 Å². The Morgan fingerprint density at radius 3 is 2.69 bits per heavy atom. The van der Waals surface area contributed by atoms with Crippen molar-refractivity contribution in [2.24, 2.45) is 0 Å². The summed E-state index contributed by atoms with van der Waals surface area (Å²) in [6.45, 7) is 3.31. The van der Waals surface area contributed by atoms with E-state index in [4.69, 9.17) is 9.68 Å². The topological polar surface area (TPSA) is 147 Å². The molecule has 1 N–H and O–H groups in total. The maximum atomic E-state index is 12.5. The lowest BCUT2D eigenvalue weighted by atomic mass is 10.1. The largest absolute Gasteiger partial charge is 0.444 e. The molecule has 0 aliphatic carbocycles. The fraction of sp³-hybridized carbons (Fsp3) is 0.263. The molecule has 0 unspecified atom stereocenters. The number of carbonyl (C=O) groups excluding carboxylic acids is 3. The zero-order valence-electron chi connectivity index (χ0n) is 15.6. The highest BCUT2D eigenvalue weighted by molar-refractivity contribution is 6.23. The van der Waals surface area contributed by atoms with Gasteiger partial charge in [0.05, 0.1) is 10.5 Å². The Hall–Kier alpha value is -4.00. The second-order valence-electron chi connectivity index (χ2n) is 6.47. The second kappa shape index (κ2) is 7.55. The van der Waals surface area contributed by atoms with Crippen LogP contribution < -0.4 is 5.32 Å². The number of nitro benzene ring substituents is 1. The molecule has 10 nitrogen and oxygen atoms in total. The average Bonchev–Trinajstić information content (AvgIpc) is 3.09.